The van der Waals surface area contributed by atoms with E-state index in [9.17, 15) is 5.11 Å². The first-order valence-electron chi connectivity index (χ1n) is 12.0. The van der Waals surface area contributed by atoms with Crippen LogP contribution in [0.1, 0.15) is 51.7 Å². The van der Waals surface area contributed by atoms with Gasteiger partial charge in [0.15, 0.2) is 0 Å². The van der Waals surface area contributed by atoms with Crippen LogP contribution in [0.5, 0.6) is 0 Å². The molecule has 5 heteroatoms. The highest BCUT2D eigenvalue weighted by Gasteiger charge is 2.37. The topological polar surface area (TPSA) is 48.8 Å². The van der Waals surface area contributed by atoms with Crippen LogP contribution in [0.4, 0.5) is 5.82 Å². The van der Waals surface area contributed by atoms with Crippen molar-refractivity contribution in [1.29, 1.82) is 0 Å². The van der Waals surface area contributed by atoms with Crippen LogP contribution in [0.3, 0.4) is 0 Å². The van der Waals surface area contributed by atoms with E-state index in [0.717, 1.165) is 37.7 Å². The van der Waals surface area contributed by atoms with E-state index >= 15 is 0 Å². The van der Waals surface area contributed by atoms with E-state index in [1.807, 2.05) is 0 Å². The average Bonchev–Trinajstić information content (AvgIpc) is 2.77. The highest BCUT2D eigenvalue weighted by atomic mass is 16.5. The van der Waals surface area contributed by atoms with Crippen molar-refractivity contribution >= 4 is 5.82 Å². The van der Waals surface area contributed by atoms with Crippen molar-refractivity contribution in [2.75, 3.05) is 51.3 Å². The van der Waals surface area contributed by atoms with Crippen LogP contribution in [-0.2, 0) is 15.6 Å². The van der Waals surface area contributed by atoms with Gasteiger partial charge in [0, 0.05) is 45.4 Å². The molecule has 1 saturated heterocycles. The molecule has 1 fully saturated rings. The third-order valence-corrected chi connectivity index (χ3v) is 7.41. The van der Waals surface area contributed by atoms with E-state index < -0.39 is 6.10 Å². The van der Waals surface area contributed by atoms with Gasteiger partial charge in [0.1, 0.15) is 5.82 Å². The van der Waals surface area contributed by atoms with E-state index in [0.29, 0.717) is 13.2 Å². The van der Waals surface area contributed by atoms with Crippen LogP contribution in [-0.4, -0.2) is 67.5 Å². The number of ether oxygens (including phenoxy) is 1. The summed E-state index contributed by atoms with van der Waals surface area (Å²) in [5, 5.41) is 10.0. The third-order valence-electron chi connectivity index (χ3n) is 7.41. The minimum Gasteiger partial charge on any atom is -0.389 e. The number of anilines is 1. The average molecular weight is 438 g/mol. The van der Waals surface area contributed by atoms with Crippen molar-refractivity contribution in [3.05, 3.63) is 47.5 Å². The van der Waals surface area contributed by atoms with Gasteiger partial charge in [-0.3, -0.25) is 4.90 Å². The molecule has 0 radical (unpaired) electrons. The predicted octanol–water partition coefficient (Wildman–Crippen LogP) is 4.23. The molecule has 1 aromatic carbocycles. The number of aromatic nitrogens is 1. The van der Waals surface area contributed by atoms with Gasteiger partial charge < -0.3 is 14.7 Å². The molecular formula is C27H39N3O2. The van der Waals surface area contributed by atoms with Crippen LogP contribution in [0, 0.1) is 0 Å². The maximum absolute atomic E-state index is 10.0. The second-order valence-electron chi connectivity index (χ2n) is 10.8. The van der Waals surface area contributed by atoms with Gasteiger partial charge >= 0.3 is 0 Å². The Kier molecular flexibility index (Phi) is 6.62. The van der Waals surface area contributed by atoms with Gasteiger partial charge in [-0.25, -0.2) is 4.98 Å². The Morgan fingerprint density at radius 2 is 1.66 bits per heavy atom. The number of hydrogen-bond donors (Lipinski definition) is 1. The minimum absolute atomic E-state index is 0.197. The Balaban J connectivity index is 1.51. The van der Waals surface area contributed by atoms with Crippen molar-refractivity contribution in [2.24, 2.45) is 0 Å². The van der Waals surface area contributed by atoms with Crippen molar-refractivity contribution < 1.29 is 9.84 Å². The Labute approximate surface area is 193 Å². The monoisotopic (exact) mass is 437 g/mol. The molecule has 1 aliphatic carbocycles. The van der Waals surface area contributed by atoms with E-state index in [-0.39, 0.29) is 10.8 Å². The number of benzene rings is 1. The molecule has 1 aromatic heterocycles. The number of piperazine rings is 1. The maximum atomic E-state index is 10.0. The molecule has 4 rings (SSSR count). The molecule has 2 aliphatic rings. The molecule has 174 valence electrons. The summed E-state index contributed by atoms with van der Waals surface area (Å²) in [7, 11) is 1.63. The molecule has 2 aromatic rings. The maximum Gasteiger partial charge on any atom is 0.129 e. The summed E-state index contributed by atoms with van der Waals surface area (Å²) in [4.78, 5) is 9.71. The number of nitrogens with zero attached hydrogens (tertiary/aromatic N) is 3. The summed E-state index contributed by atoms with van der Waals surface area (Å²) < 4.78 is 5.05. The summed E-state index contributed by atoms with van der Waals surface area (Å²) >= 11 is 0. The summed E-state index contributed by atoms with van der Waals surface area (Å²) in [6.45, 7) is 14.2. The zero-order chi connectivity index (χ0) is 22.9. The summed E-state index contributed by atoms with van der Waals surface area (Å²) in [5.41, 5.74) is 5.64. The van der Waals surface area contributed by atoms with Gasteiger partial charge in [-0.2, -0.15) is 0 Å². The first-order chi connectivity index (χ1) is 15.2. The lowest BCUT2D eigenvalue weighted by Gasteiger charge is -2.42. The van der Waals surface area contributed by atoms with E-state index in [2.05, 4.69) is 73.9 Å². The Morgan fingerprint density at radius 1 is 0.969 bits per heavy atom. The van der Waals surface area contributed by atoms with Crippen LogP contribution in [0.15, 0.2) is 36.4 Å². The standard InChI is InChI=1S/C27H39N3O2/c1-26(2)11-12-27(3,4)23-17-20(9-10-22(23)26)24-7-6-8-25(28-24)30-15-13-29(14-16-30)18-21(31)19-32-5/h6-10,17,21,31H,11-16,18-19H2,1-5H3. The molecule has 5 nitrogen and oxygen atoms in total. The Morgan fingerprint density at radius 3 is 2.34 bits per heavy atom. The quantitative estimate of drug-likeness (QED) is 0.733. The molecular weight excluding hydrogens is 398 g/mol. The summed E-state index contributed by atoms with van der Waals surface area (Å²) in [6, 6.07) is 13.3. The fourth-order valence-corrected chi connectivity index (χ4v) is 5.21. The lowest BCUT2D eigenvalue weighted by molar-refractivity contribution is 0.0365. The number of methoxy groups -OCH3 is 1. The van der Waals surface area contributed by atoms with Crippen molar-refractivity contribution in [3.63, 3.8) is 0 Å². The second kappa shape index (κ2) is 9.12. The lowest BCUT2D eigenvalue weighted by atomic mass is 9.63. The van der Waals surface area contributed by atoms with Gasteiger partial charge in [0.25, 0.3) is 0 Å². The molecule has 1 atom stereocenters. The normalized spacial score (nSPS) is 21.2. The molecule has 0 amide bonds. The first kappa shape index (κ1) is 23.2. The number of aliphatic hydroxyl groups excluding tert-OH is 1. The predicted molar refractivity (Wildman–Crippen MR) is 131 cm³/mol. The zero-order valence-corrected chi connectivity index (χ0v) is 20.4. The fraction of sp³-hybridized carbons (Fsp3) is 0.593. The molecule has 1 unspecified atom stereocenters. The van der Waals surface area contributed by atoms with Crippen LogP contribution in [0.2, 0.25) is 0 Å². The van der Waals surface area contributed by atoms with Gasteiger partial charge in [-0.05, 0) is 53.0 Å². The first-order valence-corrected chi connectivity index (χ1v) is 12.0. The number of hydrogen-bond acceptors (Lipinski definition) is 5. The van der Waals surface area contributed by atoms with Crippen molar-refractivity contribution in [1.82, 2.24) is 9.88 Å². The van der Waals surface area contributed by atoms with Gasteiger partial charge in [-0.15, -0.1) is 0 Å². The fourth-order valence-electron chi connectivity index (χ4n) is 5.21. The third kappa shape index (κ3) is 4.85. The van der Waals surface area contributed by atoms with Gasteiger partial charge in [-0.1, -0.05) is 45.9 Å². The van der Waals surface area contributed by atoms with Gasteiger partial charge in [0.05, 0.1) is 18.4 Å². The van der Waals surface area contributed by atoms with E-state index in [4.69, 9.17) is 9.72 Å². The molecule has 0 saturated carbocycles. The highest BCUT2D eigenvalue weighted by Crippen LogP contribution is 2.46. The Hall–Kier alpha value is -1.95. The van der Waals surface area contributed by atoms with E-state index in [1.165, 1.54) is 29.5 Å². The van der Waals surface area contributed by atoms with Crippen LogP contribution >= 0.6 is 0 Å². The SMILES string of the molecule is COCC(O)CN1CCN(c2cccc(-c3ccc4c(c3)C(C)(C)CCC4(C)C)n2)CC1. The molecule has 0 spiro atoms. The highest BCUT2D eigenvalue weighted by molar-refractivity contribution is 5.65. The number of fused-ring (bicyclic) bond motifs is 1. The number of pyridine rings is 1. The molecule has 1 aliphatic heterocycles. The minimum atomic E-state index is -0.425. The number of aliphatic hydroxyl groups is 1. The molecule has 1 N–H and O–H groups in total. The number of rotatable bonds is 6. The molecule has 0 bridgehead atoms. The van der Waals surface area contributed by atoms with Crippen LogP contribution < -0.4 is 4.90 Å². The summed E-state index contributed by atoms with van der Waals surface area (Å²) in [5.74, 6) is 1.04. The molecule has 2 heterocycles. The Bertz CT molecular complexity index is 932. The number of β-amino-alcohol motifs (C(OH)–C–C–N with tert-alkyl or cyclic N) is 1. The van der Waals surface area contributed by atoms with Crippen molar-refractivity contribution in [2.45, 2.75) is 57.5 Å². The zero-order valence-electron chi connectivity index (χ0n) is 20.4. The molecule has 32 heavy (non-hydrogen) atoms. The second-order valence-corrected chi connectivity index (χ2v) is 10.8. The van der Waals surface area contributed by atoms with E-state index in [1.54, 1.807) is 7.11 Å². The largest absolute Gasteiger partial charge is 0.389 e. The summed E-state index contributed by atoms with van der Waals surface area (Å²) in [6.07, 6.45) is 2.02. The van der Waals surface area contributed by atoms with Crippen molar-refractivity contribution in [3.8, 4) is 11.3 Å². The van der Waals surface area contributed by atoms with Crippen LogP contribution in [0.25, 0.3) is 11.3 Å². The smallest absolute Gasteiger partial charge is 0.129 e. The van der Waals surface area contributed by atoms with Gasteiger partial charge in [0.2, 0.25) is 0 Å². The lowest BCUT2D eigenvalue weighted by Crippen LogP contribution is -2.49.